The van der Waals surface area contributed by atoms with Crippen molar-refractivity contribution in [3.8, 4) is 0 Å². The summed E-state index contributed by atoms with van der Waals surface area (Å²) in [6.07, 6.45) is 1.19. The van der Waals surface area contributed by atoms with Crippen LogP contribution in [0.3, 0.4) is 0 Å². The van der Waals surface area contributed by atoms with Gasteiger partial charge in [-0.05, 0) is 43.2 Å². The van der Waals surface area contributed by atoms with Crippen molar-refractivity contribution in [2.45, 2.75) is 12.8 Å². The minimum Gasteiger partial charge on any atom is -0.354 e. The number of nitrogens with zero attached hydrogens (tertiary/aromatic N) is 1. The van der Waals surface area contributed by atoms with Gasteiger partial charge in [-0.25, -0.2) is 0 Å². The van der Waals surface area contributed by atoms with Crippen LogP contribution in [0.4, 0.5) is 0 Å². The maximum Gasteiger partial charge on any atom is 0.253 e. The first-order chi connectivity index (χ1) is 14.5. The second-order valence-electron chi connectivity index (χ2n) is 7.11. The number of amides is 3. The van der Waals surface area contributed by atoms with Crippen molar-refractivity contribution < 1.29 is 14.4 Å². The number of nitrogens with one attached hydrogen (secondary N) is 2. The Labute approximate surface area is 185 Å². The van der Waals surface area contributed by atoms with Crippen LogP contribution < -0.4 is 10.6 Å². The molecule has 2 N–H and O–H groups in total. The molecule has 0 bridgehead atoms. The minimum atomic E-state index is -0.168. The zero-order valence-electron chi connectivity index (χ0n) is 16.4. The van der Waals surface area contributed by atoms with Crippen LogP contribution in [-0.4, -0.2) is 48.8 Å². The van der Waals surface area contributed by atoms with Gasteiger partial charge in [0.15, 0.2) is 0 Å². The highest BCUT2D eigenvalue weighted by molar-refractivity contribution is 6.42. The van der Waals surface area contributed by atoms with Gasteiger partial charge in [0.25, 0.3) is 11.8 Å². The summed E-state index contributed by atoms with van der Waals surface area (Å²) in [6, 6.07) is 13.7. The minimum absolute atomic E-state index is 0.0504. The SMILES string of the molecule is O=C(NCCNC(=O)C1CCN(C(=O)c2ccc(Cl)c(Cl)c2)CC1)c1ccccc1. The standard InChI is InChI=1S/C22H23Cl2N3O3/c23-18-7-6-17(14-19(18)24)22(30)27-12-8-16(9-13-27)21(29)26-11-10-25-20(28)15-4-2-1-3-5-15/h1-7,14,16H,8-13H2,(H,25,28)(H,26,29). The van der Waals surface area contributed by atoms with Crippen molar-refractivity contribution in [3.05, 3.63) is 69.7 Å². The van der Waals surface area contributed by atoms with Crippen molar-refractivity contribution in [1.29, 1.82) is 0 Å². The van der Waals surface area contributed by atoms with E-state index in [1.54, 1.807) is 47.4 Å². The summed E-state index contributed by atoms with van der Waals surface area (Å²) in [5.41, 5.74) is 1.07. The number of halogens is 2. The summed E-state index contributed by atoms with van der Waals surface area (Å²) in [6.45, 7) is 1.72. The Balaban J connectivity index is 1.39. The van der Waals surface area contributed by atoms with Crippen LogP contribution in [0.5, 0.6) is 0 Å². The molecule has 3 amide bonds. The Morgan fingerprint density at radius 2 is 1.53 bits per heavy atom. The molecule has 0 unspecified atom stereocenters. The molecule has 2 aromatic carbocycles. The third-order valence-electron chi connectivity index (χ3n) is 5.07. The van der Waals surface area contributed by atoms with Crippen molar-refractivity contribution in [2.24, 2.45) is 5.92 Å². The van der Waals surface area contributed by atoms with E-state index < -0.39 is 0 Å². The molecule has 1 aliphatic rings. The van der Waals surface area contributed by atoms with E-state index in [2.05, 4.69) is 10.6 Å². The lowest BCUT2D eigenvalue weighted by Crippen LogP contribution is -2.44. The highest BCUT2D eigenvalue weighted by Crippen LogP contribution is 2.25. The van der Waals surface area contributed by atoms with Crippen LogP contribution in [0, 0.1) is 5.92 Å². The molecule has 8 heteroatoms. The molecule has 0 aliphatic carbocycles. The molecule has 158 valence electrons. The Morgan fingerprint density at radius 3 is 2.20 bits per heavy atom. The summed E-state index contributed by atoms with van der Waals surface area (Å²) in [5, 5.41) is 6.39. The summed E-state index contributed by atoms with van der Waals surface area (Å²) < 4.78 is 0. The molecule has 0 radical (unpaired) electrons. The Kier molecular flexibility index (Phi) is 7.71. The van der Waals surface area contributed by atoms with Gasteiger partial charge in [0.1, 0.15) is 0 Å². The van der Waals surface area contributed by atoms with E-state index >= 15 is 0 Å². The molecule has 0 saturated carbocycles. The zero-order valence-corrected chi connectivity index (χ0v) is 17.9. The Hall–Kier alpha value is -2.57. The molecule has 30 heavy (non-hydrogen) atoms. The number of hydrogen-bond donors (Lipinski definition) is 2. The Morgan fingerprint density at radius 1 is 0.867 bits per heavy atom. The maximum atomic E-state index is 12.6. The molecule has 0 aromatic heterocycles. The first-order valence-electron chi connectivity index (χ1n) is 9.81. The lowest BCUT2D eigenvalue weighted by Gasteiger charge is -2.31. The fraction of sp³-hybridized carbons (Fsp3) is 0.318. The van der Waals surface area contributed by atoms with Gasteiger partial charge >= 0.3 is 0 Å². The van der Waals surface area contributed by atoms with Gasteiger partial charge in [-0.1, -0.05) is 41.4 Å². The summed E-state index contributed by atoms with van der Waals surface area (Å²) >= 11 is 11.9. The van der Waals surface area contributed by atoms with E-state index in [1.807, 2.05) is 6.07 Å². The van der Waals surface area contributed by atoms with Crippen LogP contribution in [0.1, 0.15) is 33.6 Å². The number of hydrogen-bond acceptors (Lipinski definition) is 3. The van der Waals surface area contributed by atoms with Crippen LogP contribution in [-0.2, 0) is 4.79 Å². The number of rotatable bonds is 6. The quantitative estimate of drug-likeness (QED) is 0.666. The third kappa shape index (κ3) is 5.74. The molecule has 1 saturated heterocycles. The average Bonchev–Trinajstić information content (AvgIpc) is 2.78. The van der Waals surface area contributed by atoms with E-state index in [1.165, 1.54) is 0 Å². The predicted octanol–water partition coefficient (Wildman–Crippen LogP) is 3.39. The zero-order chi connectivity index (χ0) is 21.5. The fourth-order valence-electron chi connectivity index (χ4n) is 3.35. The van der Waals surface area contributed by atoms with Gasteiger partial charge in [0.05, 0.1) is 10.0 Å². The summed E-state index contributed by atoms with van der Waals surface area (Å²) in [5.74, 6) is -0.478. The molecular formula is C22H23Cl2N3O3. The smallest absolute Gasteiger partial charge is 0.253 e. The number of piperidine rings is 1. The average molecular weight is 448 g/mol. The van der Waals surface area contributed by atoms with Gasteiger partial charge in [-0.15, -0.1) is 0 Å². The van der Waals surface area contributed by atoms with Crippen molar-refractivity contribution >= 4 is 40.9 Å². The van der Waals surface area contributed by atoms with Crippen LogP contribution in [0.25, 0.3) is 0 Å². The molecule has 6 nitrogen and oxygen atoms in total. The monoisotopic (exact) mass is 447 g/mol. The van der Waals surface area contributed by atoms with Crippen molar-refractivity contribution in [2.75, 3.05) is 26.2 Å². The van der Waals surface area contributed by atoms with E-state index in [4.69, 9.17) is 23.2 Å². The first-order valence-corrected chi connectivity index (χ1v) is 10.6. The second kappa shape index (κ2) is 10.5. The topological polar surface area (TPSA) is 78.5 Å². The van der Waals surface area contributed by atoms with Crippen LogP contribution in [0.2, 0.25) is 10.0 Å². The molecule has 0 spiro atoms. The number of carbonyl (C=O) groups excluding carboxylic acids is 3. The van der Waals surface area contributed by atoms with Crippen LogP contribution >= 0.6 is 23.2 Å². The van der Waals surface area contributed by atoms with Gasteiger partial charge in [-0.2, -0.15) is 0 Å². The number of carbonyl (C=O) groups is 3. The highest BCUT2D eigenvalue weighted by Gasteiger charge is 2.27. The van der Waals surface area contributed by atoms with E-state index in [0.717, 1.165) is 0 Å². The lowest BCUT2D eigenvalue weighted by atomic mass is 9.95. The lowest BCUT2D eigenvalue weighted by molar-refractivity contribution is -0.126. The maximum absolute atomic E-state index is 12.6. The largest absolute Gasteiger partial charge is 0.354 e. The van der Waals surface area contributed by atoms with Crippen molar-refractivity contribution in [3.63, 3.8) is 0 Å². The van der Waals surface area contributed by atoms with Crippen molar-refractivity contribution in [1.82, 2.24) is 15.5 Å². The number of benzene rings is 2. The Bertz CT molecular complexity index is 913. The molecule has 1 fully saturated rings. The normalized spacial score (nSPS) is 14.3. The first kappa shape index (κ1) is 22.1. The second-order valence-corrected chi connectivity index (χ2v) is 7.92. The molecule has 3 rings (SSSR count). The van der Waals surface area contributed by atoms with E-state index in [9.17, 15) is 14.4 Å². The molecule has 1 aliphatic heterocycles. The fourth-order valence-corrected chi connectivity index (χ4v) is 3.65. The highest BCUT2D eigenvalue weighted by atomic mass is 35.5. The summed E-state index contributed by atoms with van der Waals surface area (Å²) in [7, 11) is 0. The van der Waals surface area contributed by atoms with E-state index in [0.29, 0.717) is 60.2 Å². The van der Waals surface area contributed by atoms with Gasteiger partial charge in [0, 0.05) is 43.2 Å². The number of likely N-dealkylation sites (tertiary alicyclic amines) is 1. The molecule has 1 heterocycles. The van der Waals surface area contributed by atoms with Gasteiger partial charge in [0.2, 0.25) is 5.91 Å². The third-order valence-corrected chi connectivity index (χ3v) is 5.80. The van der Waals surface area contributed by atoms with E-state index in [-0.39, 0.29) is 23.6 Å². The van der Waals surface area contributed by atoms with Gasteiger partial charge < -0.3 is 15.5 Å². The van der Waals surface area contributed by atoms with Gasteiger partial charge in [-0.3, -0.25) is 14.4 Å². The molecular weight excluding hydrogens is 425 g/mol. The predicted molar refractivity (Wildman–Crippen MR) is 117 cm³/mol. The summed E-state index contributed by atoms with van der Waals surface area (Å²) in [4.78, 5) is 38.7. The van der Waals surface area contributed by atoms with Crippen LogP contribution in [0.15, 0.2) is 48.5 Å². The molecule has 2 aromatic rings. The molecule has 0 atom stereocenters.